The van der Waals surface area contributed by atoms with Crippen LogP contribution in [-0.4, -0.2) is 11.6 Å². The van der Waals surface area contributed by atoms with Crippen molar-refractivity contribution in [3.63, 3.8) is 0 Å². The first kappa shape index (κ1) is 17.0. The van der Waals surface area contributed by atoms with Gasteiger partial charge in [0.1, 0.15) is 5.60 Å². The molecule has 0 aromatic heterocycles. The molecule has 2 saturated carbocycles. The fourth-order valence-electron chi connectivity index (χ4n) is 5.43. The molecule has 4 atom stereocenters. The van der Waals surface area contributed by atoms with Gasteiger partial charge in [0.15, 0.2) is 0 Å². The van der Waals surface area contributed by atoms with E-state index in [1.165, 1.54) is 19.3 Å². The minimum Gasteiger partial charge on any atom is -0.457 e. The molecule has 2 fully saturated rings. The first-order chi connectivity index (χ1) is 10.5. The van der Waals surface area contributed by atoms with Crippen LogP contribution in [0.1, 0.15) is 74.1 Å². The van der Waals surface area contributed by atoms with E-state index in [2.05, 4.69) is 60.6 Å². The van der Waals surface area contributed by atoms with E-state index in [0.29, 0.717) is 11.8 Å². The van der Waals surface area contributed by atoms with Crippen molar-refractivity contribution in [3.8, 4) is 0 Å². The monoisotopic (exact) mass is 318 g/mol. The molecule has 130 valence electrons. The van der Waals surface area contributed by atoms with Crippen molar-refractivity contribution in [2.24, 2.45) is 34.0 Å². The van der Waals surface area contributed by atoms with Crippen molar-refractivity contribution in [1.29, 1.82) is 0 Å². The maximum Gasteiger partial charge on any atom is 0.310 e. The number of hydrogen-bond donors (Lipinski definition) is 0. The van der Waals surface area contributed by atoms with Crippen LogP contribution in [0.15, 0.2) is 12.2 Å². The Labute approximate surface area is 142 Å². The maximum atomic E-state index is 13.2. The second-order valence-corrected chi connectivity index (χ2v) is 10.3. The molecule has 3 aliphatic carbocycles. The number of fused-ring (bicyclic) bond motifs is 3. The molecule has 0 saturated heterocycles. The van der Waals surface area contributed by atoms with Crippen molar-refractivity contribution in [1.82, 2.24) is 0 Å². The summed E-state index contributed by atoms with van der Waals surface area (Å²) in [5.41, 5.74) is -0.201. The van der Waals surface area contributed by atoms with Gasteiger partial charge in [-0.05, 0) is 49.9 Å². The van der Waals surface area contributed by atoms with Crippen LogP contribution < -0.4 is 0 Å². The van der Waals surface area contributed by atoms with Crippen LogP contribution in [0.5, 0.6) is 0 Å². The van der Waals surface area contributed by atoms with Crippen molar-refractivity contribution < 1.29 is 9.53 Å². The molecule has 3 aliphatic rings. The quantitative estimate of drug-likeness (QED) is 0.514. The van der Waals surface area contributed by atoms with Crippen LogP contribution in [0.3, 0.4) is 0 Å². The molecular weight excluding hydrogens is 284 g/mol. The number of carbonyl (C=O) groups is 1. The van der Waals surface area contributed by atoms with Crippen molar-refractivity contribution >= 4 is 5.97 Å². The summed E-state index contributed by atoms with van der Waals surface area (Å²) in [5.74, 6) is 1.18. The first-order valence-corrected chi connectivity index (χ1v) is 9.38. The summed E-state index contributed by atoms with van der Waals surface area (Å²) in [6.07, 6.45) is 9.20. The molecule has 0 N–H and O–H groups in total. The van der Waals surface area contributed by atoms with E-state index < -0.39 is 0 Å². The van der Waals surface area contributed by atoms with Gasteiger partial charge in [0.2, 0.25) is 0 Å². The predicted molar refractivity (Wildman–Crippen MR) is 93.9 cm³/mol. The molecule has 1 spiro atoms. The highest BCUT2D eigenvalue weighted by atomic mass is 16.6. The summed E-state index contributed by atoms with van der Waals surface area (Å²) in [4.78, 5) is 13.2. The number of esters is 1. The molecular formula is C21H34O2. The number of rotatable bonds is 4. The lowest BCUT2D eigenvalue weighted by atomic mass is 9.65. The van der Waals surface area contributed by atoms with Gasteiger partial charge in [-0.3, -0.25) is 4.79 Å². The Hall–Kier alpha value is -0.790. The summed E-state index contributed by atoms with van der Waals surface area (Å²) in [7, 11) is 0. The average molecular weight is 319 g/mol. The molecule has 2 nitrogen and oxygen atoms in total. The van der Waals surface area contributed by atoms with Crippen molar-refractivity contribution in [2.45, 2.75) is 79.8 Å². The molecule has 0 aromatic rings. The van der Waals surface area contributed by atoms with Crippen molar-refractivity contribution in [2.75, 3.05) is 0 Å². The van der Waals surface area contributed by atoms with E-state index >= 15 is 0 Å². The van der Waals surface area contributed by atoms with Gasteiger partial charge in [-0.25, -0.2) is 0 Å². The Balaban J connectivity index is 1.84. The second kappa shape index (κ2) is 4.86. The number of carbonyl (C=O) groups excluding carboxylic acids is 1. The Morgan fingerprint density at radius 3 is 2.35 bits per heavy atom. The highest BCUT2D eigenvalue weighted by Gasteiger charge is 2.74. The van der Waals surface area contributed by atoms with E-state index in [0.717, 1.165) is 6.42 Å². The zero-order valence-corrected chi connectivity index (χ0v) is 16.0. The van der Waals surface area contributed by atoms with Gasteiger partial charge in [0.25, 0.3) is 0 Å². The Kier molecular flexibility index (Phi) is 3.60. The van der Waals surface area contributed by atoms with E-state index in [-0.39, 0.29) is 33.7 Å². The first-order valence-electron chi connectivity index (χ1n) is 9.38. The van der Waals surface area contributed by atoms with Gasteiger partial charge in [-0.15, -0.1) is 0 Å². The highest BCUT2D eigenvalue weighted by molar-refractivity contribution is 5.74. The van der Waals surface area contributed by atoms with Gasteiger partial charge in [0, 0.05) is 10.8 Å². The Morgan fingerprint density at radius 2 is 1.87 bits per heavy atom. The summed E-state index contributed by atoms with van der Waals surface area (Å²) >= 11 is 0. The fraction of sp³-hybridized carbons (Fsp3) is 0.857. The van der Waals surface area contributed by atoms with Gasteiger partial charge in [-0.2, -0.15) is 0 Å². The summed E-state index contributed by atoms with van der Waals surface area (Å²) in [6, 6.07) is 0. The zero-order chi connectivity index (χ0) is 17.3. The molecule has 0 amide bonds. The Morgan fingerprint density at radius 1 is 1.26 bits per heavy atom. The third kappa shape index (κ3) is 2.31. The SMILES string of the molecule is CC(C)C[C@H](C(=O)OC1(C)C2(C)CCC(C2)C12C=C2)C(C)(C)C. The topological polar surface area (TPSA) is 26.3 Å². The van der Waals surface area contributed by atoms with Crippen LogP contribution in [0, 0.1) is 34.0 Å². The smallest absolute Gasteiger partial charge is 0.310 e. The molecule has 0 heterocycles. The summed E-state index contributed by atoms with van der Waals surface area (Å²) in [6.45, 7) is 15.4. The molecule has 3 rings (SSSR count). The van der Waals surface area contributed by atoms with Gasteiger partial charge in [0.05, 0.1) is 5.92 Å². The lowest BCUT2D eigenvalue weighted by Crippen LogP contribution is -2.53. The molecule has 0 radical (unpaired) electrons. The van der Waals surface area contributed by atoms with Gasteiger partial charge < -0.3 is 4.74 Å². The minimum atomic E-state index is -0.347. The summed E-state index contributed by atoms with van der Waals surface area (Å²) in [5, 5.41) is 0. The lowest BCUT2D eigenvalue weighted by molar-refractivity contribution is -0.190. The van der Waals surface area contributed by atoms with Crippen LogP contribution >= 0.6 is 0 Å². The van der Waals surface area contributed by atoms with Crippen LogP contribution in [-0.2, 0) is 9.53 Å². The zero-order valence-electron chi connectivity index (χ0n) is 16.0. The average Bonchev–Trinajstić information content (AvgIpc) is 3.08. The van der Waals surface area contributed by atoms with E-state index in [1.807, 2.05) is 0 Å². The maximum absolute atomic E-state index is 13.2. The standard InChI is InChI=1S/C21H34O2/c1-14(2)12-16(18(3,4)5)17(22)23-20(7)19(6)9-8-15(13-19)21(20)10-11-21/h10-11,14-16H,8-9,12-13H2,1-7H3/t15?,16-,19?,20?/m1/s1. The van der Waals surface area contributed by atoms with Crippen LogP contribution in [0.2, 0.25) is 0 Å². The molecule has 2 bridgehead atoms. The van der Waals surface area contributed by atoms with Crippen LogP contribution in [0.4, 0.5) is 0 Å². The van der Waals surface area contributed by atoms with Crippen molar-refractivity contribution in [3.05, 3.63) is 12.2 Å². The molecule has 3 unspecified atom stereocenters. The van der Waals surface area contributed by atoms with Gasteiger partial charge in [-0.1, -0.05) is 53.7 Å². The second-order valence-electron chi connectivity index (χ2n) is 10.3. The summed E-state index contributed by atoms with van der Waals surface area (Å²) < 4.78 is 6.40. The molecule has 2 heteroatoms. The third-order valence-corrected chi connectivity index (χ3v) is 7.26. The van der Waals surface area contributed by atoms with E-state index in [1.54, 1.807) is 0 Å². The normalized spacial score (nSPS) is 38.3. The number of ether oxygens (including phenoxy) is 1. The lowest BCUT2D eigenvalue weighted by Gasteiger charge is -2.48. The minimum absolute atomic E-state index is 0.0237. The highest BCUT2D eigenvalue weighted by Crippen LogP contribution is 2.74. The van der Waals surface area contributed by atoms with Gasteiger partial charge >= 0.3 is 5.97 Å². The van der Waals surface area contributed by atoms with Crippen LogP contribution in [0.25, 0.3) is 0 Å². The molecule has 0 aromatic carbocycles. The largest absolute Gasteiger partial charge is 0.457 e. The number of hydrogen-bond acceptors (Lipinski definition) is 2. The third-order valence-electron chi connectivity index (χ3n) is 7.26. The molecule has 0 aliphatic heterocycles. The fourth-order valence-corrected chi connectivity index (χ4v) is 5.43. The van der Waals surface area contributed by atoms with E-state index in [9.17, 15) is 4.79 Å². The Bertz CT molecular complexity index is 529. The van der Waals surface area contributed by atoms with E-state index in [4.69, 9.17) is 4.74 Å². The molecule has 23 heavy (non-hydrogen) atoms. The predicted octanol–water partition coefficient (Wildman–Crippen LogP) is 5.37.